The van der Waals surface area contributed by atoms with E-state index in [2.05, 4.69) is 5.10 Å². The average Bonchev–Trinajstić information content (AvgIpc) is 3.34. The van der Waals surface area contributed by atoms with Crippen LogP contribution in [0.3, 0.4) is 0 Å². The van der Waals surface area contributed by atoms with E-state index < -0.39 is 0 Å². The molecule has 3 heterocycles. The van der Waals surface area contributed by atoms with Crippen molar-refractivity contribution >= 4 is 23.0 Å². The molecule has 6 heteroatoms. The fraction of sp³-hybridized carbons (Fsp3) is 0.111. The maximum Gasteiger partial charge on any atom is 0.284 e. The van der Waals surface area contributed by atoms with Gasteiger partial charge in [0.25, 0.3) is 5.91 Å². The predicted octanol–water partition coefficient (Wildman–Crippen LogP) is 4.47. The number of hydrogen-bond donors (Lipinski definition) is 0. The zero-order valence-electron chi connectivity index (χ0n) is 12.6. The zero-order valence-corrected chi connectivity index (χ0v) is 13.4. The Morgan fingerprint density at radius 3 is 2.71 bits per heavy atom. The Balaban J connectivity index is 1.72. The number of thiophene rings is 1. The van der Waals surface area contributed by atoms with Crippen LogP contribution in [0.15, 0.2) is 69.7 Å². The second kappa shape index (κ2) is 6.05. The van der Waals surface area contributed by atoms with Crippen LogP contribution in [0.5, 0.6) is 0 Å². The molecule has 2 aromatic heterocycles. The predicted molar refractivity (Wildman–Crippen MR) is 89.5 cm³/mol. The quantitative estimate of drug-likeness (QED) is 0.706. The molecule has 1 amide bonds. The molecule has 1 aliphatic rings. The average molecular weight is 340 g/mol. The largest absolute Gasteiger partial charge is 0.463 e. The van der Waals surface area contributed by atoms with Crippen molar-refractivity contribution in [2.45, 2.75) is 12.5 Å². The third-order valence-electron chi connectivity index (χ3n) is 3.91. The van der Waals surface area contributed by atoms with Crippen LogP contribution in [0.25, 0.3) is 0 Å². The van der Waals surface area contributed by atoms with Gasteiger partial charge in [-0.1, -0.05) is 18.2 Å². The molecular weight excluding hydrogens is 327 g/mol. The molecule has 4 nitrogen and oxygen atoms in total. The molecule has 0 radical (unpaired) electrons. The Morgan fingerprint density at radius 1 is 1.21 bits per heavy atom. The fourth-order valence-corrected chi connectivity index (χ4v) is 3.40. The first kappa shape index (κ1) is 14.8. The van der Waals surface area contributed by atoms with Gasteiger partial charge in [0.1, 0.15) is 17.3 Å². The van der Waals surface area contributed by atoms with E-state index in [4.69, 9.17) is 4.42 Å². The summed E-state index contributed by atoms with van der Waals surface area (Å²) in [5.41, 5.74) is 1.55. The molecule has 0 aliphatic carbocycles. The molecule has 120 valence electrons. The van der Waals surface area contributed by atoms with Crippen LogP contribution in [-0.4, -0.2) is 16.6 Å². The summed E-state index contributed by atoms with van der Waals surface area (Å²) in [7, 11) is 0. The Hall–Kier alpha value is -2.73. The lowest BCUT2D eigenvalue weighted by Gasteiger charge is -2.21. The Morgan fingerprint density at radius 2 is 2.04 bits per heavy atom. The standard InChI is InChI=1S/C18H13FN2O2S/c19-13-7-5-12(6-8-13)15-11-14(16-3-1-9-23-16)20-21(15)18(22)17-4-2-10-24-17/h1-10,15H,11H2/t15-/m1/s1. The molecule has 24 heavy (non-hydrogen) atoms. The Bertz CT molecular complexity index is 870. The van der Waals surface area contributed by atoms with E-state index in [9.17, 15) is 9.18 Å². The summed E-state index contributed by atoms with van der Waals surface area (Å²) in [6.45, 7) is 0. The number of nitrogens with zero attached hydrogens (tertiary/aromatic N) is 2. The number of benzene rings is 1. The number of halogens is 1. The van der Waals surface area contributed by atoms with Crippen molar-refractivity contribution in [3.05, 3.63) is 82.2 Å². The third kappa shape index (κ3) is 2.65. The first-order chi connectivity index (χ1) is 11.7. The second-order valence-electron chi connectivity index (χ2n) is 5.42. The monoisotopic (exact) mass is 340 g/mol. The highest BCUT2D eigenvalue weighted by molar-refractivity contribution is 7.12. The van der Waals surface area contributed by atoms with E-state index in [1.54, 1.807) is 30.5 Å². The van der Waals surface area contributed by atoms with Crippen LogP contribution in [-0.2, 0) is 0 Å². The Kier molecular flexibility index (Phi) is 3.74. The molecule has 0 unspecified atom stereocenters. The highest BCUT2D eigenvalue weighted by Crippen LogP contribution is 2.34. The molecule has 0 fully saturated rings. The first-order valence-electron chi connectivity index (χ1n) is 7.46. The SMILES string of the molecule is O=C(c1cccs1)N1N=C(c2ccco2)C[C@@H]1c1ccc(F)cc1. The smallest absolute Gasteiger partial charge is 0.284 e. The lowest BCUT2D eigenvalue weighted by atomic mass is 10.0. The fourth-order valence-electron chi connectivity index (χ4n) is 2.75. The van der Waals surface area contributed by atoms with Crippen molar-refractivity contribution in [1.29, 1.82) is 0 Å². The molecule has 3 aromatic rings. The zero-order chi connectivity index (χ0) is 16.5. The van der Waals surface area contributed by atoms with Crippen molar-refractivity contribution in [3.8, 4) is 0 Å². The molecule has 1 aliphatic heterocycles. The summed E-state index contributed by atoms with van der Waals surface area (Å²) in [6.07, 6.45) is 2.10. The normalized spacial score (nSPS) is 17.1. The topological polar surface area (TPSA) is 45.8 Å². The summed E-state index contributed by atoms with van der Waals surface area (Å²) < 4.78 is 18.6. The van der Waals surface area contributed by atoms with Gasteiger partial charge in [-0.05, 0) is 41.3 Å². The summed E-state index contributed by atoms with van der Waals surface area (Å²) in [5, 5.41) is 7.81. The number of carbonyl (C=O) groups excluding carboxylic acids is 1. The summed E-state index contributed by atoms with van der Waals surface area (Å²) in [6, 6.07) is 13.1. The highest BCUT2D eigenvalue weighted by Gasteiger charge is 2.34. The van der Waals surface area contributed by atoms with E-state index in [0.717, 1.165) is 5.56 Å². The van der Waals surface area contributed by atoms with Gasteiger partial charge >= 0.3 is 0 Å². The lowest BCUT2D eigenvalue weighted by Crippen LogP contribution is -2.26. The molecule has 0 bridgehead atoms. The van der Waals surface area contributed by atoms with Gasteiger partial charge in [-0.3, -0.25) is 4.79 Å². The van der Waals surface area contributed by atoms with Gasteiger partial charge in [0.15, 0.2) is 0 Å². The molecule has 1 atom stereocenters. The minimum Gasteiger partial charge on any atom is -0.463 e. The second-order valence-corrected chi connectivity index (χ2v) is 6.37. The van der Waals surface area contributed by atoms with Crippen LogP contribution in [0, 0.1) is 5.82 Å². The van der Waals surface area contributed by atoms with Crippen LogP contribution >= 0.6 is 11.3 Å². The van der Waals surface area contributed by atoms with Gasteiger partial charge in [-0.25, -0.2) is 9.40 Å². The van der Waals surface area contributed by atoms with Gasteiger partial charge < -0.3 is 4.42 Å². The summed E-state index contributed by atoms with van der Waals surface area (Å²) in [4.78, 5) is 13.4. The molecule has 0 saturated carbocycles. The number of hydrazone groups is 1. The van der Waals surface area contributed by atoms with Crippen LogP contribution in [0.1, 0.15) is 33.5 Å². The first-order valence-corrected chi connectivity index (χ1v) is 8.34. The van der Waals surface area contributed by atoms with E-state index in [0.29, 0.717) is 22.8 Å². The molecule has 0 spiro atoms. The molecule has 1 aromatic carbocycles. The number of hydrogen-bond acceptors (Lipinski definition) is 4. The number of rotatable bonds is 3. The Labute approximate surface area is 141 Å². The van der Waals surface area contributed by atoms with Crippen molar-refractivity contribution < 1.29 is 13.6 Å². The highest BCUT2D eigenvalue weighted by atomic mass is 32.1. The maximum absolute atomic E-state index is 13.2. The third-order valence-corrected chi connectivity index (χ3v) is 4.77. The van der Waals surface area contributed by atoms with Gasteiger partial charge in [0.05, 0.1) is 17.2 Å². The van der Waals surface area contributed by atoms with Gasteiger partial charge in [0, 0.05) is 6.42 Å². The van der Waals surface area contributed by atoms with Crippen LogP contribution in [0.2, 0.25) is 0 Å². The van der Waals surface area contributed by atoms with E-state index in [1.807, 2.05) is 17.5 Å². The number of carbonyl (C=O) groups is 1. The van der Waals surface area contributed by atoms with E-state index >= 15 is 0 Å². The maximum atomic E-state index is 13.2. The number of amides is 1. The minimum absolute atomic E-state index is 0.166. The molecule has 0 N–H and O–H groups in total. The van der Waals surface area contributed by atoms with Crippen molar-refractivity contribution in [2.75, 3.05) is 0 Å². The van der Waals surface area contributed by atoms with Crippen molar-refractivity contribution in [3.63, 3.8) is 0 Å². The lowest BCUT2D eigenvalue weighted by molar-refractivity contribution is 0.0716. The molecule has 0 saturated heterocycles. The summed E-state index contributed by atoms with van der Waals surface area (Å²) >= 11 is 1.37. The minimum atomic E-state index is -0.306. The van der Waals surface area contributed by atoms with Crippen molar-refractivity contribution in [2.24, 2.45) is 5.10 Å². The number of furan rings is 1. The van der Waals surface area contributed by atoms with Gasteiger partial charge in [-0.15, -0.1) is 11.3 Å². The summed E-state index contributed by atoms with van der Waals surface area (Å²) in [5.74, 6) is 0.171. The van der Waals surface area contributed by atoms with Crippen LogP contribution in [0.4, 0.5) is 4.39 Å². The van der Waals surface area contributed by atoms with Gasteiger partial charge in [0.2, 0.25) is 0 Å². The molecule has 4 rings (SSSR count). The van der Waals surface area contributed by atoms with Gasteiger partial charge in [-0.2, -0.15) is 5.10 Å². The molecular formula is C18H13FN2O2S. The van der Waals surface area contributed by atoms with E-state index in [-0.39, 0.29) is 17.8 Å². The van der Waals surface area contributed by atoms with Crippen molar-refractivity contribution in [1.82, 2.24) is 5.01 Å². The van der Waals surface area contributed by atoms with E-state index in [1.165, 1.54) is 28.5 Å². The van der Waals surface area contributed by atoms with Crippen LogP contribution < -0.4 is 0 Å².